The number of ether oxygens (including phenoxy) is 1. The highest BCUT2D eigenvalue weighted by Crippen LogP contribution is 2.35. The van der Waals surface area contributed by atoms with E-state index in [2.05, 4.69) is 45.3 Å². The standard InChI is InChI=1S/C30H22N4O2/c1-35-21-8-4-18(5-9-21)29-25-13-12-23(34-25)22-10-6-19(32-22)17-20-7-11-26(33-20)30(24-3-2-16-31-24)28-15-14-27(29)36-28/h2-17,31-33H,1H3. The molecule has 0 aliphatic carbocycles. The maximum Gasteiger partial charge on any atom is 0.139 e. The predicted octanol–water partition coefficient (Wildman–Crippen LogP) is 7.63. The van der Waals surface area contributed by atoms with Crippen LogP contribution in [0.25, 0.3) is 67.8 Å². The van der Waals surface area contributed by atoms with Crippen molar-refractivity contribution in [2.75, 3.05) is 7.11 Å². The zero-order valence-corrected chi connectivity index (χ0v) is 19.5. The number of benzene rings is 1. The average Bonchev–Trinajstić information content (AvgIpc) is 3.71. The number of aromatic amines is 3. The van der Waals surface area contributed by atoms with Crippen LogP contribution < -0.4 is 4.74 Å². The Labute approximate surface area is 206 Å². The number of H-pyrrole nitrogens is 3. The van der Waals surface area contributed by atoms with Crippen LogP contribution in [-0.4, -0.2) is 27.0 Å². The van der Waals surface area contributed by atoms with Crippen molar-refractivity contribution in [2.45, 2.75) is 0 Å². The highest BCUT2D eigenvalue weighted by Gasteiger charge is 2.15. The zero-order chi connectivity index (χ0) is 24.1. The van der Waals surface area contributed by atoms with E-state index in [0.717, 1.165) is 72.8 Å². The molecule has 6 aromatic rings. The van der Waals surface area contributed by atoms with Crippen molar-refractivity contribution in [1.29, 1.82) is 0 Å². The normalized spacial score (nSPS) is 11.9. The van der Waals surface area contributed by atoms with Crippen LogP contribution in [0.2, 0.25) is 0 Å². The van der Waals surface area contributed by atoms with Gasteiger partial charge in [0.2, 0.25) is 0 Å². The van der Waals surface area contributed by atoms with Gasteiger partial charge in [0, 0.05) is 17.2 Å². The molecule has 174 valence electrons. The van der Waals surface area contributed by atoms with Gasteiger partial charge in [-0.25, -0.2) is 4.98 Å². The van der Waals surface area contributed by atoms with Crippen LogP contribution in [0.5, 0.6) is 5.75 Å². The summed E-state index contributed by atoms with van der Waals surface area (Å²) in [5.41, 5.74) is 11.0. The minimum Gasteiger partial charge on any atom is -0.497 e. The van der Waals surface area contributed by atoms with E-state index in [0.29, 0.717) is 0 Å². The first kappa shape index (κ1) is 20.4. The molecule has 36 heavy (non-hydrogen) atoms. The number of aromatic nitrogens is 4. The van der Waals surface area contributed by atoms with E-state index < -0.39 is 0 Å². The second kappa shape index (κ2) is 8.06. The molecule has 5 aromatic heterocycles. The van der Waals surface area contributed by atoms with Gasteiger partial charge in [-0.05, 0) is 84.4 Å². The summed E-state index contributed by atoms with van der Waals surface area (Å²) in [5, 5.41) is 0. The van der Waals surface area contributed by atoms with Gasteiger partial charge in [0.05, 0.1) is 46.4 Å². The average molecular weight is 471 g/mol. The maximum atomic E-state index is 6.58. The SMILES string of the molecule is COc1ccc(-c2c3nc(c4ccc(cc5ccc([nH]5)c(-c5ccc[nH]5)c5ccc2o5)[nH]4)C=C3)cc1. The Morgan fingerprint density at radius 3 is 2.19 bits per heavy atom. The van der Waals surface area contributed by atoms with E-state index in [1.807, 2.05) is 66.9 Å². The van der Waals surface area contributed by atoms with Gasteiger partial charge in [-0.2, -0.15) is 0 Å². The first-order valence-corrected chi connectivity index (χ1v) is 11.8. The largest absolute Gasteiger partial charge is 0.497 e. The summed E-state index contributed by atoms with van der Waals surface area (Å²) in [5.74, 6) is 0.799. The van der Waals surface area contributed by atoms with E-state index >= 15 is 0 Å². The fourth-order valence-electron chi connectivity index (χ4n) is 4.78. The Bertz CT molecular complexity index is 1870. The molecule has 1 aliphatic heterocycles. The summed E-state index contributed by atoms with van der Waals surface area (Å²) in [4.78, 5) is 15.4. The molecular weight excluding hydrogens is 448 g/mol. The van der Waals surface area contributed by atoms with E-state index in [4.69, 9.17) is 14.1 Å². The molecular formula is C30H22N4O2. The number of methoxy groups -OCH3 is 1. The Balaban J connectivity index is 1.64. The number of furan rings is 1. The Kier molecular flexibility index (Phi) is 4.57. The zero-order valence-electron chi connectivity index (χ0n) is 19.5. The lowest BCUT2D eigenvalue weighted by Gasteiger charge is -2.05. The number of hydrogen-bond donors (Lipinski definition) is 3. The molecule has 1 aliphatic rings. The van der Waals surface area contributed by atoms with Crippen LogP contribution in [0.15, 0.2) is 89.5 Å². The number of hydrogen-bond acceptors (Lipinski definition) is 3. The van der Waals surface area contributed by atoms with Crippen LogP contribution in [0.1, 0.15) is 11.4 Å². The molecule has 0 radical (unpaired) electrons. The topological polar surface area (TPSA) is 82.6 Å². The summed E-state index contributed by atoms with van der Waals surface area (Å²) in [6.07, 6.45) is 5.99. The second-order valence-corrected chi connectivity index (χ2v) is 8.74. The molecule has 1 aromatic carbocycles. The molecule has 6 nitrogen and oxygen atoms in total. The quantitative estimate of drug-likeness (QED) is 0.248. The van der Waals surface area contributed by atoms with Gasteiger partial charge in [0.25, 0.3) is 0 Å². The van der Waals surface area contributed by atoms with Crippen molar-refractivity contribution in [1.82, 2.24) is 19.9 Å². The Morgan fingerprint density at radius 2 is 1.44 bits per heavy atom. The van der Waals surface area contributed by atoms with Crippen molar-refractivity contribution in [3.05, 3.63) is 96.4 Å². The summed E-state index contributed by atoms with van der Waals surface area (Å²) >= 11 is 0. The van der Waals surface area contributed by atoms with Crippen molar-refractivity contribution >= 4 is 45.4 Å². The summed E-state index contributed by atoms with van der Waals surface area (Å²) in [6, 6.07) is 26.4. The summed E-state index contributed by atoms with van der Waals surface area (Å²) in [6.45, 7) is 0. The number of nitrogens with zero attached hydrogens (tertiary/aromatic N) is 1. The number of fused-ring (bicyclic) bond motifs is 9. The molecule has 3 N–H and O–H groups in total. The molecule has 0 unspecified atom stereocenters. The molecule has 0 amide bonds. The lowest BCUT2D eigenvalue weighted by Crippen LogP contribution is -1.86. The fraction of sp³-hybridized carbons (Fsp3) is 0.0333. The third kappa shape index (κ3) is 3.39. The van der Waals surface area contributed by atoms with Gasteiger partial charge in [-0.1, -0.05) is 12.1 Å². The van der Waals surface area contributed by atoms with Gasteiger partial charge >= 0.3 is 0 Å². The lowest BCUT2D eigenvalue weighted by molar-refractivity contribution is 0.415. The third-order valence-electron chi connectivity index (χ3n) is 6.51. The van der Waals surface area contributed by atoms with Gasteiger partial charge in [0.15, 0.2) is 0 Å². The molecule has 0 atom stereocenters. The maximum absolute atomic E-state index is 6.58. The van der Waals surface area contributed by atoms with Gasteiger partial charge in [0.1, 0.15) is 16.9 Å². The van der Waals surface area contributed by atoms with E-state index in [1.165, 1.54) is 0 Å². The van der Waals surface area contributed by atoms with Crippen LogP contribution in [0, 0.1) is 0 Å². The Hall–Kier alpha value is -4.97. The number of rotatable bonds is 3. The second-order valence-electron chi connectivity index (χ2n) is 8.74. The minimum absolute atomic E-state index is 0.740. The van der Waals surface area contributed by atoms with Gasteiger partial charge in [-0.3, -0.25) is 0 Å². The number of nitrogens with one attached hydrogen (secondary N) is 3. The molecule has 8 bridgehead atoms. The first-order valence-electron chi connectivity index (χ1n) is 11.8. The molecule has 0 saturated carbocycles. The highest BCUT2D eigenvalue weighted by atomic mass is 16.5. The minimum atomic E-state index is 0.740. The van der Waals surface area contributed by atoms with Crippen molar-refractivity contribution in [3.63, 3.8) is 0 Å². The lowest BCUT2D eigenvalue weighted by atomic mass is 10.0. The van der Waals surface area contributed by atoms with Crippen LogP contribution >= 0.6 is 0 Å². The molecule has 0 fully saturated rings. The molecule has 6 heterocycles. The molecule has 7 rings (SSSR count). The highest BCUT2D eigenvalue weighted by molar-refractivity contribution is 5.95. The summed E-state index contributed by atoms with van der Waals surface area (Å²) in [7, 11) is 1.67. The molecule has 6 heteroatoms. The summed E-state index contributed by atoms with van der Waals surface area (Å²) < 4.78 is 12.0. The Morgan fingerprint density at radius 1 is 0.722 bits per heavy atom. The fourth-order valence-corrected chi connectivity index (χ4v) is 4.78. The van der Waals surface area contributed by atoms with E-state index in [1.54, 1.807) is 7.11 Å². The van der Waals surface area contributed by atoms with Crippen molar-refractivity contribution in [3.8, 4) is 28.1 Å². The van der Waals surface area contributed by atoms with Gasteiger partial charge < -0.3 is 24.1 Å². The van der Waals surface area contributed by atoms with Gasteiger partial charge in [-0.15, -0.1) is 0 Å². The van der Waals surface area contributed by atoms with Crippen LogP contribution in [0.4, 0.5) is 0 Å². The van der Waals surface area contributed by atoms with E-state index in [9.17, 15) is 0 Å². The molecule has 0 spiro atoms. The predicted molar refractivity (Wildman–Crippen MR) is 145 cm³/mol. The van der Waals surface area contributed by atoms with Crippen LogP contribution in [-0.2, 0) is 0 Å². The van der Waals surface area contributed by atoms with E-state index in [-0.39, 0.29) is 0 Å². The van der Waals surface area contributed by atoms with Crippen LogP contribution in [0.3, 0.4) is 0 Å². The van der Waals surface area contributed by atoms with Crippen molar-refractivity contribution < 1.29 is 9.15 Å². The first-order chi connectivity index (χ1) is 17.7. The van der Waals surface area contributed by atoms with Crippen molar-refractivity contribution in [2.24, 2.45) is 0 Å². The molecule has 0 saturated heterocycles. The third-order valence-corrected chi connectivity index (χ3v) is 6.51. The monoisotopic (exact) mass is 470 g/mol. The smallest absolute Gasteiger partial charge is 0.139 e.